The second-order valence-corrected chi connectivity index (χ2v) is 4.72. The number of nitrogens with one attached hydrogen (secondary N) is 2. The number of amides is 2. The Balaban J connectivity index is 2.73. The minimum atomic E-state index is -4.43. The summed E-state index contributed by atoms with van der Waals surface area (Å²) in [5.41, 5.74) is 0.726. The molecule has 0 aliphatic carbocycles. The van der Waals surface area contributed by atoms with Gasteiger partial charge in [0.25, 0.3) is 0 Å². The predicted octanol–water partition coefficient (Wildman–Crippen LogP) is 2.83. The van der Waals surface area contributed by atoms with Crippen molar-refractivity contribution in [2.75, 3.05) is 18.5 Å². The fourth-order valence-electron chi connectivity index (χ4n) is 1.69. The van der Waals surface area contributed by atoms with Gasteiger partial charge in [-0.2, -0.15) is 13.2 Å². The summed E-state index contributed by atoms with van der Waals surface area (Å²) in [6.45, 7) is 1.76. The van der Waals surface area contributed by atoms with Crippen molar-refractivity contribution >= 4 is 11.7 Å². The Bertz CT molecular complexity index is 503. The summed E-state index contributed by atoms with van der Waals surface area (Å²) in [5.74, 6) is 0.0457. The van der Waals surface area contributed by atoms with Crippen LogP contribution in [0.4, 0.5) is 23.7 Å². The zero-order chi connectivity index (χ0) is 16.8. The van der Waals surface area contributed by atoms with Crippen LogP contribution in [-0.2, 0) is 0 Å². The average Bonchev–Trinajstić information content (AvgIpc) is 2.44. The molecule has 1 atom stereocenters. The quantitative estimate of drug-likeness (QED) is 0.755. The van der Waals surface area contributed by atoms with Crippen molar-refractivity contribution in [3.8, 4) is 5.75 Å². The number of aliphatic hydroxyl groups is 1. The van der Waals surface area contributed by atoms with E-state index < -0.39 is 18.8 Å². The summed E-state index contributed by atoms with van der Waals surface area (Å²) in [4.78, 5) is 11.8. The van der Waals surface area contributed by atoms with Crippen molar-refractivity contribution in [2.45, 2.75) is 32.5 Å². The molecule has 1 unspecified atom stereocenters. The Morgan fingerprint density at radius 3 is 2.64 bits per heavy atom. The van der Waals surface area contributed by atoms with Gasteiger partial charge in [0.1, 0.15) is 5.75 Å². The van der Waals surface area contributed by atoms with E-state index in [0.717, 1.165) is 0 Å². The highest BCUT2D eigenvalue weighted by Crippen LogP contribution is 2.27. The standard InChI is InChI=1S/C14H19F3N2O3/c1-3-10(7-20)18-13(21)19-11-5-4-6-12(9(11)2)22-8-14(15,16)17/h4-6,10,20H,3,7-8H2,1-2H3,(H2,18,19,21). The highest BCUT2D eigenvalue weighted by Gasteiger charge is 2.28. The smallest absolute Gasteiger partial charge is 0.422 e. The van der Waals surface area contributed by atoms with Crippen molar-refractivity contribution in [3.05, 3.63) is 23.8 Å². The number of anilines is 1. The molecule has 0 saturated heterocycles. The molecule has 1 aromatic rings. The van der Waals surface area contributed by atoms with E-state index in [1.807, 2.05) is 0 Å². The number of aliphatic hydroxyl groups excluding tert-OH is 1. The molecule has 0 saturated carbocycles. The molecule has 0 fully saturated rings. The van der Waals surface area contributed by atoms with Gasteiger partial charge in [-0.15, -0.1) is 0 Å². The molecule has 1 rings (SSSR count). The fraction of sp³-hybridized carbons (Fsp3) is 0.500. The van der Waals surface area contributed by atoms with Crippen LogP contribution in [0.1, 0.15) is 18.9 Å². The van der Waals surface area contributed by atoms with Gasteiger partial charge < -0.3 is 20.5 Å². The Kier molecular flexibility index (Phi) is 6.48. The summed E-state index contributed by atoms with van der Waals surface area (Å²) in [7, 11) is 0. The number of benzene rings is 1. The lowest BCUT2D eigenvalue weighted by Crippen LogP contribution is -2.39. The lowest BCUT2D eigenvalue weighted by molar-refractivity contribution is -0.153. The van der Waals surface area contributed by atoms with Crippen LogP contribution in [0.3, 0.4) is 0 Å². The van der Waals surface area contributed by atoms with Gasteiger partial charge in [-0.25, -0.2) is 4.79 Å². The number of halogens is 3. The highest BCUT2D eigenvalue weighted by molar-refractivity contribution is 5.90. The monoisotopic (exact) mass is 320 g/mol. The van der Waals surface area contributed by atoms with Crippen molar-refractivity contribution in [3.63, 3.8) is 0 Å². The summed E-state index contributed by atoms with van der Waals surface area (Å²) in [6.07, 6.45) is -3.87. The summed E-state index contributed by atoms with van der Waals surface area (Å²) >= 11 is 0. The Morgan fingerprint density at radius 1 is 1.41 bits per heavy atom. The molecule has 8 heteroatoms. The van der Waals surface area contributed by atoms with Crippen LogP contribution in [0.5, 0.6) is 5.75 Å². The summed E-state index contributed by atoms with van der Waals surface area (Å²) in [5, 5.41) is 14.1. The number of hydrogen-bond acceptors (Lipinski definition) is 3. The van der Waals surface area contributed by atoms with E-state index >= 15 is 0 Å². The molecule has 2 amide bonds. The average molecular weight is 320 g/mol. The van der Waals surface area contributed by atoms with E-state index in [-0.39, 0.29) is 18.4 Å². The lowest BCUT2D eigenvalue weighted by atomic mass is 10.2. The highest BCUT2D eigenvalue weighted by atomic mass is 19.4. The second-order valence-electron chi connectivity index (χ2n) is 4.72. The third-order valence-corrected chi connectivity index (χ3v) is 2.97. The summed E-state index contributed by atoms with van der Waals surface area (Å²) in [6, 6.07) is 3.50. The molecule has 0 radical (unpaired) electrons. The van der Waals surface area contributed by atoms with Gasteiger partial charge in [-0.1, -0.05) is 13.0 Å². The molecule has 0 aliphatic rings. The molecule has 124 valence electrons. The fourth-order valence-corrected chi connectivity index (χ4v) is 1.69. The summed E-state index contributed by atoms with van der Waals surface area (Å²) < 4.78 is 41.2. The van der Waals surface area contributed by atoms with Crippen LogP contribution in [-0.4, -0.2) is 36.6 Å². The van der Waals surface area contributed by atoms with E-state index in [4.69, 9.17) is 9.84 Å². The number of hydrogen-bond donors (Lipinski definition) is 3. The molecular weight excluding hydrogens is 301 g/mol. The van der Waals surface area contributed by atoms with E-state index in [9.17, 15) is 18.0 Å². The minimum Gasteiger partial charge on any atom is -0.484 e. The first-order valence-corrected chi connectivity index (χ1v) is 6.74. The number of ether oxygens (including phenoxy) is 1. The van der Waals surface area contributed by atoms with Gasteiger partial charge in [0, 0.05) is 11.3 Å². The second kappa shape index (κ2) is 7.88. The third kappa shape index (κ3) is 5.80. The Hall–Kier alpha value is -1.96. The van der Waals surface area contributed by atoms with Crippen LogP contribution in [0.2, 0.25) is 0 Å². The van der Waals surface area contributed by atoms with Crippen molar-refractivity contribution < 1.29 is 27.8 Å². The van der Waals surface area contributed by atoms with Crippen molar-refractivity contribution in [2.24, 2.45) is 0 Å². The molecule has 0 bridgehead atoms. The minimum absolute atomic E-state index is 0.0457. The molecule has 22 heavy (non-hydrogen) atoms. The largest absolute Gasteiger partial charge is 0.484 e. The van der Waals surface area contributed by atoms with Gasteiger partial charge in [0.15, 0.2) is 6.61 Å². The maximum Gasteiger partial charge on any atom is 0.422 e. The third-order valence-electron chi connectivity index (χ3n) is 2.97. The molecule has 0 aliphatic heterocycles. The van der Waals surface area contributed by atoms with E-state index in [2.05, 4.69) is 10.6 Å². The maximum absolute atomic E-state index is 12.2. The number of urea groups is 1. The molecule has 1 aromatic carbocycles. The van der Waals surface area contributed by atoms with Gasteiger partial charge in [0.05, 0.1) is 12.6 Å². The van der Waals surface area contributed by atoms with Crippen LogP contribution < -0.4 is 15.4 Å². The van der Waals surface area contributed by atoms with Gasteiger partial charge in [0.2, 0.25) is 0 Å². The normalized spacial score (nSPS) is 12.6. The first-order valence-electron chi connectivity index (χ1n) is 6.74. The van der Waals surface area contributed by atoms with Crippen molar-refractivity contribution in [1.29, 1.82) is 0 Å². The van der Waals surface area contributed by atoms with Crippen molar-refractivity contribution in [1.82, 2.24) is 5.32 Å². The maximum atomic E-state index is 12.2. The molecule has 0 spiro atoms. The molecule has 5 nitrogen and oxygen atoms in total. The Morgan fingerprint density at radius 2 is 2.09 bits per heavy atom. The van der Waals surface area contributed by atoms with Gasteiger partial charge in [-0.3, -0.25) is 0 Å². The van der Waals surface area contributed by atoms with Crippen LogP contribution >= 0.6 is 0 Å². The molecule has 3 N–H and O–H groups in total. The van der Waals surface area contributed by atoms with Crippen LogP contribution in [0.25, 0.3) is 0 Å². The Labute approximate surface area is 126 Å². The van der Waals surface area contributed by atoms with Gasteiger partial charge in [-0.05, 0) is 25.5 Å². The topological polar surface area (TPSA) is 70.6 Å². The zero-order valence-electron chi connectivity index (χ0n) is 12.3. The van der Waals surface area contributed by atoms with Crippen LogP contribution in [0, 0.1) is 6.92 Å². The number of rotatable bonds is 6. The zero-order valence-corrected chi connectivity index (χ0v) is 12.3. The predicted molar refractivity (Wildman–Crippen MR) is 76.0 cm³/mol. The van der Waals surface area contributed by atoms with Gasteiger partial charge >= 0.3 is 12.2 Å². The number of carbonyl (C=O) groups is 1. The lowest BCUT2D eigenvalue weighted by Gasteiger charge is -2.17. The number of alkyl halides is 3. The molecular formula is C14H19F3N2O3. The first-order chi connectivity index (χ1) is 10.3. The van der Waals surface area contributed by atoms with E-state index in [0.29, 0.717) is 17.7 Å². The molecule has 0 aromatic heterocycles. The van der Waals surface area contributed by atoms with E-state index in [1.54, 1.807) is 19.9 Å². The number of carbonyl (C=O) groups excluding carboxylic acids is 1. The van der Waals surface area contributed by atoms with Crippen LogP contribution in [0.15, 0.2) is 18.2 Å². The molecule has 0 heterocycles. The van der Waals surface area contributed by atoms with E-state index in [1.165, 1.54) is 12.1 Å². The first kappa shape index (κ1) is 18.1. The SMILES string of the molecule is CCC(CO)NC(=O)Nc1cccc(OCC(F)(F)F)c1C.